The molecule has 0 spiro atoms. The van der Waals surface area contributed by atoms with Crippen molar-refractivity contribution in [3.05, 3.63) is 0 Å². The zero-order chi connectivity index (χ0) is 9.00. The first kappa shape index (κ1) is 22.9. The number of rotatable bonds is 0. The maximum absolute atomic E-state index is 9.19. The third kappa shape index (κ3) is 3400. The number of hydrogen-bond acceptors (Lipinski definition) is 4. The van der Waals surface area contributed by atoms with Crippen LogP contribution in [0.25, 0.3) is 0 Å². The molecular weight excluding hydrogens is 234 g/mol. The summed E-state index contributed by atoms with van der Waals surface area (Å²) in [7, 11) is -4.64. The van der Waals surface area contributed by atoms with E-state index in [4.69, 9.17) is 29.0 Å². The summed E-state index contributed by atoms with van der Waals surface area (Å²) in [6.45, 7) is -3.94. The van der Waals surface area contributed by atoms with Gasteiger partial charge in [0, 0.05) is 0 Å². The Morgan fingerprint density at radius 2 is 0.833 bits per heavy atom. The van der Waals surface area contributed by atoms with E-state index < -0.39 is 14.6 Å². The summed E-state index contributed by atoms with van der Waals surface area (Å²) in [4.78, 5) is 36.6. The maximum Gasteiger partial charge on any atom is 0.466 e. The third-order valence-electron chi connectivity index (χ3n) is 0. The van der Waals surface area contributed by atoms with Gasteiger partial charge < -0.3 is 36.8 Å². The van der Waals surface area contributed by atoms with Crippen LogP contribution in [0.15, 0.2) is 0 Å². The maximum atomic E-state index is 9.19. The van der Waals surface area contributed by atoms with Gasteiger partial charge in [0.15, 0.2) is 0 Å². The Labute approximate surface area is 73.5 Å². The predicted octanol–water partition coefficient (Wildman–Crippen LogP) is -0.596. The summed E-state index contributed by atoms with van der Waals surface area (Å²) < 4.78 is 18.1. The van der Waals surface area contributed by atoms with Crippen molar-refractivity contribution in [2.24, 2.45) is 0 Å². The van der Waals surface area contributed by atoms with Crippen molar-refractivity contribution in [1.82, 2.24) is 12.3 Å². The highest BCUT2D eigenvalue weighted by Crippen LogP contribution is 2.39. The lowest BCUT2D eigenvalue weighted by atomic mass is 14.0. The topological polar surface area (TPSA) is 205 Å². The van der Waals surface area contributed by atoms with Crippen LogP contribution in [0.3, 0.4) is 0 Å². The molecule has 9 nitrogen and oxygen atoms in total. The van der Waals surface area contributed by atoms with Gasteiger partial charge in [-0.1, -0.05) is 12.2 Å². The zero-order valence-corrected chi connectivity index (χ0v) is 8.49. The minimum absolute atomic E-state index is 0. The smallest absolute Gasteiger partial charge is 0.344 e. The van der Waals surface area contributed by atoms with Crippen LogP contribution in [0.1, 0.15) is 0 Å². The quantitative estimate of drug-likeness (QED) is 0.202. The second kappa shape index (κ2) is 8.14. The molecule has 0 rings (SSSR count). The van der Waals surface area contributed by atoms with Crippen LogP contribution in [-0.2, 0) is 9.13 Å². The van der Waals surface area contributed by atoms with E-state index in [1.165, 1.54) is 0 Å². The molecule has 0 fully saturated rings. The highest BCUT2D eigenvalue weighted by atomic mass is 32.7. The molecule has 0 radical (unpaired) electrons. The molecule has 0 aromatic heterocycles. The first-order valence-electron chi connectivity index (χ1n) is 1.57. The first-order valence-corrected chi connectivity index (χ1v) is 5.90. The molecule has 0 aromatic rings. The molecule has 12 heteroatoms. The lowest BCUT2D eigenvalue weighted by Gasteiger charge is -1.82. The van der Waals surface area contributed by atoms with E-state index in [2.05, 4.69) is 12.2 Å². The summed E-state index contributed by atoms with van der Waals surface area (Å²) in [6, 6.07) is 0. The van der Waals surface area contributed by atoms with Crippen LogP contribution in [0.2, 0.25) is 0 Å². The van der Waals surface area contributed by atoms with E-state index in [0.717, 1.165) is 0 Å². The highest BCUT2D eigenvalue weighted by Gasteiger charge is 2.00. The SMILES string of the molecule is N.N.O=P(O)(O)O.O=P(O)(O)S. The Hall–Kier alpha value is 0.530. The Bertz CT molecular complexity index is 132. The molecule has 0 bridgehead atoms. The summed E-state index contributed by atoms with van der Waals surface area (Å²) in [6.07, 6.45) is 0. The van der Waals surface area contributed by atoms with Crippen LogP contribution < -0.4 is 12.3 Å². The van der Waals surface area contributed by atoms with Gasteiger partial charge in [-0.15, -0.1) is 0 Å². The molecule has 0 amide bonds. The minimum Gasteiger partial charge on any atom is -0.344 e. The second-order valence-electron chi connectivity index (χ2n) is 1.03. The van der Waals surface area contributed by atoms with E-state index in [1.54, 1.807) is 0 Å². The second-order valence-corrected chi connectivity index (χ2v) is 4.64. The fraction of sp³-hybridized carbons (Fsp3) is 0. The van der Waals surface area contributed by atoms with Gasteiger partial charge in [0.2, 0.25) is 0 Å². The minimum atomic E-state index is -4.64. The van der Waals surface area contributed by atoms with Gasteiger partial charge in [0.25, 0.3) is 0 Å². The van der Waals surface area contributed by atoms with Crippen molar-refractivity contribution < 1.29 is 33.6 Å². The molecule has 12 heavy (non-hydrogen) atoms. The number of phosphoric acid groups is 1. The summed E-state index contributed by atoms with van der Waals surface area (Å²) in [5, 5.41) is 0. The van der Waals surface area contributed by atoms with Crippen LogP contribution >= 0.6 is 26.9 Å². The van der Waals surface area contributed by atoms with E-state index in [9.17, 15) is 4.57 Å². The molecule has 0 aliphatic heterocycles. The largest absolute Gasteiger partial charge is 0.466 e. The van der Waals surface area contributed by atoms with Crippen molar-refractivity contribution in [2.75, 3.05) is 0 Å². The predicted molar refractivity (Wildman–Crippen MR) is 45.3 cm³/mol. The Kier molecular flexibility index (Phi) is 15.5. The molecule has 80 valence electrons. The average Bonchev–Trinajstić information content (AvgIpc) is 1.12. The Morgan fingerprint density at radius 1 is 0.833 bits per heavy atom. The summed E-state index contributed by atoms with van der Waals surface area (Å²) in [5.74, 6) is 0. The summed E-state index contributed by atoms with van der Waals surface area (Å²) in [5.41, 5.74) is 0. The highest BCUT2D eigenvalue weighted by molar-refractivity contribution is 8.43. The standard InChI is InChI=1S/2H3N.H3O4P.H3O3PS/c;;1-5(2,3)4;1-4(2,3)5/h2*1H3;(H3,1,2,3,4);(H3,1,2,3,5). The van der Waals surface area contributed by atoms with Gasteiger partial charge in [-0.25, -0.2) is 9.13 Å². The van der Waals surface area contributed by atoms with Gasteiger partial charge in [-0.05, 0) is 0 Å². The monoisotopic (exact) mass is 246 g/mol. The fourth-order valence-corrected chi connectivity index (χ4v) is 0. The van der Waals surface area contributed by atoms with Gasteiger partial charge in [-0.2, -0.15) is 0 Å². The molecule has 0 aromatic carbocycles. The van der Waals surface area contributed by atoms with Crippen molar-refractivity contribution >= 4 is 26.9 Å². The average molecular weight is 246 g/mol. The van der Waals surface area contributed by atoms with Crippen LogP contribution in [0, 0.1) is 0 Å². The van der Waals surface area contributed by atoms with E-state index in [1.807, 2.05) is 0 Å². The van der Waals surface area contributed by atoms with E-state index in [-0.39, 0.29) is 12.3 Å². The van der Waals surface area contributed by atoms with Crippen molar-refractivity contribution in [2.45, 2.75) is 0 Å². The van der Waals surface area contributed by atoms with Crippen LogP contribution in [-0.4, -0.2) is 24.5 Å². The number of thiol groups is 1. The molecule has 0 unspecified atom stereocenters. The Morgan fingerprint density at radius 3 is 0.833 bits per heavy atom. The molecule has 0 aliphatic rings. The van der Waals surface area contributed by atoms with Gasteiger partial charge in [0.1, 0.15) is 0 Å². The molecular formula is H12N2O7P2S. The first-order chi connectivity index (χ1) is 4.00. The van der Waals surface area contributed by atoms with Crippen LogP contribution in [0.4, 0.5) is 0 Å². The van der Waals surface area contributed by atoms with E-state index >= 15 is 0 Å². The molecule has 0 saturated carbocycles. The van der Waals surface area contributed by atoms with Gasteiger partial charge >= 0.3 is 14.6 Å². The lowest BCUT2D eigenvalue weighted by molar-refractivity contribution is 0.275. The normalized spacial score (nSPS) is 9.83. The van der Waals surface area contributed by atoms with Crippen molar-refractivity contribution in [3.63, 3.8) is 0 Å². The molecule has 0 saturated heterocycles. The lowest BCUT2D eigenvalue weighted by Crippen LogP contribution is -1.66. The third-order valence-corrected chi connectivity index (χ3v) is 0. The zero-order valence-electron chi connectivity index (χ0n) is 5.81. The van der Waals surface area contributed by atoms with Crippen LogP contribution in [0.5, 0.6) is 0 Å². The fourth-order valence-electron chi connectivity index (χ4n) is 0. The van der Waals surface area contributed by atoms with Crippen molar-refractivity contribution in [1.29, 1.82) is 0 Å². The number of hydrogen-bond donors (Lipinski definition) is 8. The van der Waals surface area contributed by atoms with Gasteiger partial charge in [0.05, 0.1) is 0 Å². The molecule has 0 heterocycles. The molecule has 11 N–H and O–H groups in total. The Balaban J connectivity index is -0.0000000457. The van der Waals surface area contributed by atoms with Gasteiger partial charge in [-0.3, -0.25) is 0 Å². The molecule has 0 aliphatic carbocycles. The van der Waals surface area contributed by atoms with Crippen molar-refractivity contribution in [3.8, 4) is 0 Å². The summed E-state index contributed by atoms with van der Waals surface area (Å²) >= 11 is 2.79. The molecule has 0 atom stereocenters. The van der Waals surface area contributed by atoms with E-state index in [0.29, 0.717) is 0 Å².